The minimum absolute atomic E-state index is 0.0662. The quantitative estimate of drug-likeness (QED) is 0.534. The van der Waals surface area contributed by atoms with Crippen molar-refractivity contribution in [1.82, 2.24) is 0 Å². The molecular weight excluding hydrogens is 208 g/mol. The zero-order valence-electron chi connectivity index (χ0n) is 10.6. The second-order valence-corrected chi connectivity index (χ2v) is 3.63. The van der Waals surface area contributed by atoms with Crippen molar-refractivity contribution in [2.75, 3.05) is 13.2 Å². The second-order valence-electron chi connectivity index (χ2n) is 3.63. The van der Waals surface area contributed by atoms with Gasteiger partial charge in [-0.1, -0.05) is 13.8 Å². The minimum Gasteiger partial charge on any atom is -0.463 e. The van der Waals surface area contributed by atoms with Crippen molar-refractivity contribution in [2.24, 2.45) is 5.92 Å². The summed E-state index contributed by atoms with van der Waals surface area (Å²) in [5, 5.41) is 0. The normalized spacial score (nSPS) is 12.1. The van der Waals surface area contributed by atoms with Gasteiger partial charge in [-0.3, -0.25) is 0 Å². The van der Waals surface area contributed by atoms with Gasteiger partial charge in [-0.25, -0.2) is 9.59 Å². The molecule has 0 heterocycles. The molecule has 0 aliphatic carbocycles. The van der Waals surface area contributed by atoms with Gasteiger partial charge in [0.05, 0.1) is 13.2 Å². The predicted molar refractivity (Wildman–Crippen MR) is 60.8 cm³/mol. The molecule has 0 amide bonds. The van der Waals surface area contributed by atoms with E-state index < -0.39 is 11.9 Å². The van der Waals surface area contributed by atoms with E-state index in [-0.39, 0.29) is 5.92 Å². The van der Waals surface area contributed by atoms with Crippen molar-refractivity contribution in [3.63, 3.8) is 0 Å². The maximum absolute atomic E-state index is 11.6. The Labute approximate surface area is 96.6 Å². The van der Waals surface area contributed by atoms with Gasteiger partial charge in [0.25, 0.3) is 0 Å². The minimum atomic E-state index is -0.459. The lowest BCUT2D eigenvalue weighted by molar-refractivity contribution is -0.142. The molecule has 0 aromatic carbocycles. The van der Waals surface area contributed by atoms with Crippen LogP contribution in [0.5, 0.6) is 0 Å². The average Bonchev–Trinajstić information content (AvgIpc) is 2.17. The highest BCUT2D eigenvalue weighted by Gasteiger charge is 2.22. The van der Waals surface area contributed by atoms with Crippen molar-refractivity contribution < 1.29 is 19.1 Å². The van der Waals surface area contributed by atoms with Gasteiger partial charge in [0.15, 0.2) is 0 Å². The van der Waals surface area contributed by atoms with Crippen LogP contribution in [-0.4, -0.2) is 25.2 Å². The third-order valence-electron chi connectivity index (χ3n) is 2.06. The van der Waals surface area contributed by atoms with E-state index in [1.165, 1.54) is 0 Å². The summed E-state index contributed by atoms with van der Waals surface area (Å²) in [6.07, 6.45) is 0. The number of esters is 2. The van der Waals surface area contributed by atoms with Crippen molar-refractivity contribution >= 4 is 11.9 Å². The van der Waals surface area contributed by atoms with Crippen molar-refractivity contribution in [3.05, 3.63) is 11.1 Å². The number of hydrogen-bond donors (Lipinski definition) is 0. The van der Waals surface area contributed by atoms with Gasteiger partial charge in [0.2, 0.25) is 0 Å². The first-order chi connectivity index (χ1) is 7.45. The lowest BCUT2D eigenvalue weighted by atomic mass is 9.98. The van der Waals surface area contributed by atoms with E-state index in [9.17, 15) is 9.59 Å². The Kier molecular flexibility index (Phi) is 6.46. The standard InChI is InChI=1S/C12H20O4/c1-6-15-11(13)9(5)10(8(3)4)12(14)16-7-2/h8H,6-7H2,1-5H3/b10-9-. The van der Waals surface area contributed by atoms with Gasteiger partial charge >= 0.3 is 11.9 Å². The van der Waals surface area contributed by atoms with E-state index in [1.54, 1.807) is 20.8 Å². The Hall–Kier alpha value is -1.32. The molecule has 0 bridgehead atoms. The molecule has 0 aromatic rings. The summed E-state index contributed by atoms with van der Waals surface area (Å²) in [5.74, 6) is -0.967. The second kappa shape index (κ2) is 7.04. The first-order valence-electron chi connectivity index (χ1n) is 5.50. The number of rotatable bonds is 5. The maximum atomic E-state index is 11.6. The molecule has 0 atom stereocenters. The van der Waals surface area contributed by atoms with Crippen LogP contribution >= 0.6 is 0 Å². The van der Waals surface area contributed by atoms with Crippen LogP contribution in [0.1, 0.15) is 34.6 Å². The third-order valence-corrected chi connectivity index (χ3v) is 2.06. The molecular formula is C12H20O4. The Morgan fingerprint density at radius 2 is 1.44 bits per heavy atom. The number of carbonyl (C=O) groups excluding carboxylic acids is 2. The molecule has 0 radical (unpaired) electrons. The summed E-state index contributed by atoms with van der Waals surface area (Å²) in [5.41, 5.74) is 0.718. The molecule has 4 heteroatoms. The molecule has 0 unspecified atom stereocenters. The van der Waals surface area contributed by atoms with Gasteiger partial charge in [0, 0.05) is 11.1 Å². The largest absolute Gasteiger partial charge is 0.463 e. The van der Waals surface area contributed by atoms with Crippen LogP contribution in [0, 0.1) is 5.92 Å². The summed E-state index contributed by atoms with van der Waals surface area (Å²) >= 11 is 0. The molecule has 0 rings (SSSR count). The smallest absolute Gasteiger partial charge is 0.334 e. The molecule has 0 aromatic heterocycles. The Morgan fingerprint density at radius 3 is 1.81 bits per heavy atom. The van der Waals surface area contributed by atoms with Crippen molar-refractivity contribution in [2.45, 2.75) is 34.6 Å². The summed E-state index contributed by atoms with van der Waals surface area (Å²) in [4.78, 5) is 23.2. The summed E-state index contributed by atoms with van der Waals surface area (Å²) in [7, 11) is 0. The third kappa shape index (κ3) is 4.04. The van der Waals surface area contributed by atoms with E-state index in [0.717, 1.165) is 0 Å². The molecule has 0 aliphatic rings. The fourth-order valence-electron chi connectivity index (χ4n) is 1.38. The lowest BCUT2D eigenvalue weighted by Crippen LogP contribution is -2.18. The molecule has 0 N–H and O–H groups in total. The van der Waals surface area contributed by atoms with Gasteiger partial charge in [-0.2, -0.15) is 0 Å². The molecule has 0 saturated carbocycles. The fraction of sp³-hybridized carbons (Fsp3) is 0.667. The fourth-order valence-corrected chi connectivity index (χ4v) is 1.38. The van der Waals surface area contributed by atoms with E-state index in [0.29, 0.717) is 24.4 Å². The molecule has 0 fully saturated rings. The van der Waals surface area contributed by atoms with Crippen LogP contribution in [0.2, 0.25) is 0 Å². The number of hydrogen-bond acceptors (Lipinski definition) is 4. The van der Waals surface area contributed by atoms with Gasteiger partial charge < -0.3 is 9.47 Å². The van der Waals surface area contributed by atoms with Crippen molar-refractivity contribution in [1.29, 1.82) is 0 Å². The van der Waals surface area contributed by atoms with E-state index in [1.807, 2.05) is 13.8 Å². The highest BCUT2D eigenvalue weighted by atomic mass is 16.5. The van der Waals surface area contributed by atoms with E-state index in [4.69, 9.17) is 9.47 Å². The highest BCUT2D eigenvalue weighted by molar-refractivity contribution is 6.00. The number of carbonyl (C=O) groups is 2. The molecule has 0 spiro atoms. The SMILES string of the molecule is CCOC(=O)/C(C)=C(\C(=O)OCC)C(C)C. The van der Waals surface area contributed by atoms with E-state index in [2.05, 4.69) is 0 Å². The molecule has 0 aliphatic heterocycles. The number of ether oxygens (including phenoxy) is 2. The van der Waals surface area contributed by atoms with Crippen LogP contribution < -0.4 is 0 Å². The van der Waals surface area contributed by atoms with Gasteiger partial charge in [0.1, 0.15) is 0 Å². The van der Waals surface area contributed by atoms with Crippen molar-refractivity contribution in [3.8, 4) is 0 Å². The highest BCUT2D eigenvalue weighted by Crippen LogP contribution is 2.17. The topological polar surface area (TPSA) is 52.6 Å². The van der Waals surface area contributed by atoms with Crippen LogP contribution in [0.25, 0.3) is 0 Å². The van der Waals surface area contributed by atoms with Crippen LogP contribution in [0.15, 0.2) is 11.1 Å². The van der Waals surface area contributed by atoms with Crippen LogP contribution in [-0.2, 0) is 19.1 Å². The Bertz CT molecular complexity index is 289. The van der Waals surface area contributed by atoms with Gasteiger partial charge in [-0.05, 0) is 26.7 Å². The molecule has 16 heavy (non-hydrogen) atoms. The Balaban J connectivity index is 5.07. The molecule has 4 nitrogen and oxygen atoms in total. The molecule has 92 valence electrons. The molecule has 0 saturated heterocycles. The van der Waals surface area contributed by atoms with Crippen LogP contribution in [0.3, 0.4) is 0 Å². The lowest BCUT2D eigenvalue weighted by Gasteiger charge is -2.13. The first-order valence-corrected chi connectivity index (χ1v) is 5.50. The van der Waals surface area contributed by atoms with E-state index >= 15 is 0 Å². The maximum Gasteiger partial charge on any atom is 0.334 e. The predicted octanol–water partition coefficient (Wildman–Crippen LogP) is 2.09. The average molecular weight is 228 g/mol. The van der Waals surface area contributed by atoms with Crippen LogP contribution in [0.4, 0.5) is 0 Å². The zero-order chi connectivity index (χ0) is 12.7. The summed E-state index contributed by atoms with van der Waals surface area (Å²) < 4.78 is 9.77. The summed E-state index contributed by atoms with van der Waals surface area (Å²) in [6.45, 7) is 9.32. The summed E-state index contributed by atoms with van der Waals surface area (Å²) in [6, 6.07) is 0. The zero-order valence-corrected chi connectivity index (χ0v) is 10.6. The van der Waals surface area contributed by atoms with Gasteiger partial charge in [-0.15, -0.1) is 0 Å². The first kappa shape index (κ1) is 14.7. The Morgan fingerprint density at radius 1 is 1.00 bits per heavy atom. The monoisotopic (exact) mass is 228 g/mol.